The Hall–Kier alpha value is -2.68. The van der Waals surface area contributed by atoms with Gasteiger partial charge in [-0.05, 0) is 25.3 Å². The van der Waals surface area contributed by atoms with Crippen LogP contribution < -0.4 is 0 Å². The van der Waals surface area contributed by atoms with Crippen LogP contribution in [0.5, 0.6) is 0 Å². The van der Waals surface area contributed by atoms with Gasteiger partial charge in [-0.2, -0.15) is 5.26 Å². The molecule has 0 unspecified atom stereocenters. The molecular formula is C16H15N5O. The topological polar surface area (TPSA) is 87.4 Å². The fourth-order valence-electron chi connectivity index (χ4n) is 3.51. The standard InChI is InChI=1S/C16H15N5O/c1-9(22)16-20-13-8-19-15-12(4-5-18-15)14(13)21(16)11-3-2-10(6-11)7-17/h4-5,8,10-11H,2-3,6H2,1H3,(H,18,19)/t10-,11-/m0/s1. The van der Waals surface area contributed by atoms with Gasteiger partial charge < -0.3 is 9.55 Å². The summed E-state index contributed by atoms with van der Waals surface area (Å²) < 4.78 is 2.03. The Morgan fingerprint density at radius 3 is 3.09 bits per heavy atom. The number of hydrogen-bond acceptors (Lipinski definition) is 4. The van der Waals surface area contributed by atoms with Crippen LogP contribution in [0.1, 0.15) is 42.8 Å². The molecule has 0 radical (unpaired) electrons. The minimum atomic E-state index is -0.0553. The number of rotatable bonds is 2. The van der Waals surface area contributed by atoms with E-state index in [0.29, 0.717) is 5.82 Å². The summed E-state index contributed by atoms with van der Waals surface area (Å²) in [5.74, 6) is 0.472. The van der Waals surface area contributed by atoms with Crippen LogP contribution in [-0.4, -0.2) is 25.3 Å². The van der Waals surface area contributed by atoms with Crippen molar-refractivity contribution in [1.82, 2.24) is 19.5 Å². The summed E-state index contributed by atoms with van der Waals surface area (Å²) in [5.41, 5.74) is 2.47. The minimum absolute atomic E-state index is 0.0553. The second kappa shape index (κ2) is 4.67. The van der Waals surface area contributed by atoms with Crippen molar-refractivity contribution in [3.63, 3.8) is 0 Å². The molecule has 1 aliphatic rings. The van der Waals surface area contributed by atoms with E-state index < -0.39 is 0 Å². The van der Waals surface area contributed by atoms with Gasteiger partial charge in [-0.15, -0.1) is 0 Å². The lowest BCUT2D eigenvalue weighted by Crippen LogP contribution is -2.13. The van der Waals surface area contributed by atoms with E-state index in [-0.39, 0.29) is 17.7 Å². The average molecular weight is 293 g/mol. The molecule has 3 heterocycles. The highest BCUT2D eigenvalue weighted by atomic mass is 16.1. The van der Waals surface area contributed by atoms with E-state index in [1.165, 1.54) is 6.92 Å². The maximum atomic E-state index is 12.0. The van der Waals surface area contributed by atoms with Crippen molar-refractivity contribution in [3.05, 3.63) is 24.3 Å². The predicted molar refractivity (Wildman–Crippen MR) is 81.4 cm³/mol. The van der Waals surface area contributed by atoms with Gasteiger partial charge in [0.05, 0.1) is 17.8 Å². The lowest BCUT2D eigenvalue weighted by molar-refractivity contribution is 0.0998. The summed E-state index contributed by atoms with van der Waals surface area (Å²) >= 11 is 0. The van der Waals surface area contributed by atoms with Crippen LogP contribution in [0.25, 0.3) is 22.1 Å². The normalized spacial score (nSPS) is 21.5. The molecule has 1 fully saturated rings. The molecular weight excluding hydrogens is 278 g/mol. The van der Waals surface area contributed by atoms with Crippen LogP contribution in [0.3, 0.4) is 0 Å². The number of H-pyrrole nitrogens is 1. The molecule has 2 atom stereocenters. The van der Waals surface area contributed by atoms with Gasteiger partial charge in [0.25, 0.3) is 0 Å². The van der Waals surface area contributed by atoms with Crippen molar-refractivity contribution in [2.45, 2.75) is 32.2 Å². The molecule has 0 amide bonds. The minimum Gasteiger partial charge on any atom is -0.346 e. The summed E-state index contributed by atoms with van der Waals surface area (Å²) in [7, 11) is 0. The fourth-order valence-corrected chi connectivity index (χ4v) is 3.51. The van der Waals surface area contributed by atoms with Gasteiger partial charge >= 0.3 is 0 Å². The highest BCUT2D eigenvalue weighted by Gasteiger charge is 2.30. The fraction of sp³-hybridized carbons (Fsp3) is 0.375. The number of aromatic nitrogens is 4. The molecule has 1 aliphatic carbocycles. The highest BCUT2D eigenvalue weighted by Crippen LogP contribution is 2.38. The van der Waals surface area contributed by atoms with Gasteiger partial charge in [0.15, 0.2) is 11.6 Å². The van der Waals surface area contributed by atoms with Gasteiger partial charge in [-0.3, -0.25) is 4.79 Å². The van der Waals surface area contributed by atoms with E-state index in [2.05, 4.69) is 21.0 Å². The summed E-state index contributed by atoms with van der Waals surface area (Å²) in [6, 6.07) is 4.46. The molecule has 0 spiro atoms. The van der Waals surface area contributed by atoms with Crippen LogP contribution in [0, 0.1) is 17.2 Å². The monoisotopic (exact) mass is 293 g/mol. The first-order valence-electron chi connectivity index (χ1n) is 7.43. The molecule has 0 bridgehead atoms. The number of imidazole rings is 1. The van der Waals surface area contributed by atoms with Gasteiger partial charge in [-0.1, -0.05) is 0 Å². The Bertz CT molecular complexity index is 929. The third kappa shape index (κ3) is 1.75. The van der Waals surface area contributed by atoms with Crippen molar-refractivity contribution in [2.75, 3.05) is 0 Å². The third-order valence-electron chi connectivity index (χ3n) is 4.50. The van der Waals surface area contributed by atoms with E-state index >= 15 is 0 Å². The van der Waals surface area contributed by atoms with E-state index in [4.69, 9.17) is 5.26 Å². The van der Waals surface area contributed by atoms with Gasteiger partial charge in [0.1, 0.15) is 11.2 Å². The van der Waals surface area contributed by atoms with Crippen LogP contribution in [0.15, 0.2) is 18.5 Å². The zero-order valence-electron chi connectivity index (χ0n) is 12.2. The van der Waals surface area contributed by atoms with E-state index in [1.807, 2.05) is 16.8 Å². The van der Waals surface area contributed by atoms with Crippen LogP contribution >= 0.6 is 0 Å². The molecule has 3 aromatic rings. The van der Waals surface area contributed by atoms with E-state index in [9.17, 15) is 4.79 Å². The molecule has 4 rings (SSSR count). The molecule has 1 saturated carbocycles. The highest BCUT2D eigenvalue weighted by molar-refractivity contribution is 6.04. The number of ketones is 1. The number of carbonyl (C=O) groups excluding carboxylic acids is 1. The first kappa shape index (κ1) is 13.0. The second-order valence-corrected chi connectivity index (χ2v) is 5.89. The summed E-state index contributed by atoms with van der Waals surface area (Å²) in [6.07, 6.45) is 6.09. The van der Waals surface area contributed by atoms with Gasteiger partial charge in [0.2, 0.25) is 0 Å². The Morgan fingerprint density at radius 1 is 1.50 bits per heavy atom. The first-order chi connectivity index (χ1) is 10.7. The zero-order chi connectivity index (χ0) is 15.3. The lowest BCUT2D eigenvalue weighted by atomic mass is 10.1. The van der Waals surface area contributed by atoms with Crippen molar-refractivity contribution >= 4 is 27.9 Å². The summed E-state index contributed by atoms with van der Waals surface area (Å²) in [5, 5.41) is 10.1. The van der Waals surface area contributed by atoms with Crippen molar-refractivity contribution in [3.8, 4) is 6.07 Å². The second-order valence-electron chi connectivity index (χ2n) is 5.89. The number of nitrogens with one attached hydrogen (secondary N) is 1. The molecule has 0 aliphatic heterocycles. The number of fused-ring (bicyclic) bond motifs is 3. The molecule has 22 heavy (non-hydrogen) atoms. The smallest absolute Gasteiger partial charge is 0.195 e. The largest absolute Gasteiger partial charge is 0.346 e. The van der Waals surface area contributed by atoms with Gasteiger partial charge in [0, 0.05) is 30.5 Å². The Balaban J connectivity index is 2.01. The SMILES string of the molecule is CC(=O)c1nc2cnc3[nH]ccc3c2n1[C@H]1CC[C@H](C#N)C1. The quantitative estimate of drug-likeness (QED) is 0.736. The predicted octanol–water partition coefficient (Wildman–Crippen LogP) is 2.98. The molecule has 0 aromatic carbocycles. The average Bonchev–Trinajstić information content (AvgIpc) is 3.22. The third-order valence-corrected chi connectivity index (χ3v) is 4.50. The van der Waals surface area contributed by atoms with Crippen molar-refractivity contribution in [2.24, 2.45) is 5.92 Å². The summed E-state index contributed by atoms with van der Waals surface area (Å²) in [6.45, 7) is 1.54. The van der Waals surface area contributed by atoms with E-state index in [1.54, 1.807) is 6.20 Å². The van der Waals surface area contributed by atoms with Gasteiger partial charge in [-0.25, -0.2) is 9.97 Å². The maximum Gasteiger partial charge on any atom is 0.195 e. The molecule has 6 nitrogen and oxygen atoms in total. The molecule has 0 saturated heterocycles. The molecule has 6 heteroatoms. The maximum absolute atomic E-state index is 12.0. The van der Waals surface area contributed by atoms with E-state index in [0.717, 1.165) is 41.3 Å². The number of carbonyl (C=O) groups is 1. The Kier molecular flexibility index (Phi) is 2.76. The first-order valence-corrected chi connectivity index (χ1v) is 7.43. The number of pyridine rings is 1. The number of Topliss-reactive ketones (excluding diaryl/α,β-unsaturated/α-hetero) is 1. The molecule has 3 aromatic heterocycles. The van der Waals surface area contributed by atoms with Crippen LogP contribution in [0.4, 0.5) is 0 Å². The Morgan fingerprint density at radius 2 is 2.36 bits per heavy atom. The number of hydrogen-bond donors (Lipinski definition) is 1. The number of aromatic amines is 1. The lowest BCUT2D eigenvalue weighted by Gasteiger charge is -2.15. The zero-order valence-corrected chi connectivity index (χ0v) is 12.2. The molecule has 1 N–H and O–H groups in total. The Labute approximate surface area is 126 Å². The number of nitriles is 1. The number of nitrogens with zero attached hydrogens (tertiary/aromatic N) is 4. The summed E-state index contributed by atoms with van der Waals surface area (Å²) in [4.78, 5) is 24.0. The van der Waals surface area contributed by atoms with Crippen molar-refractivity contribution < 1.29 is 4.79 Å². The van der Waals surface area contributed by atoms with Crippen molar-refractivity contribution in [1.29, 1.82) is 5.26 Å². The van der Waals surface area contributed by atoms with Crippen LogP contribution in [-0.2, 0) is 0 Å². The van der Waals surface area contributed by atoms with Crippen LogP contribution in [0.2, 0.25) is 0 Å². The molecule has 110 valence electrons.